The summed E-state index contributed by atoms with van der Waals surface area (Å²) in [6.07, 6.45) is 2.94. The highest BCUT2D eigenvalue weighted by molar-refractivity contribution is 6.05. The second kappa shape index (κ2) is 11.2. The molecule has 0 unspecified atom stereocenters. The van der Waals surface area contributed by atoms with Gasteiger partial charge in [-0.1, -0.05) is 42.5 Å². The maximum Gasteiger partial charge on any atom is 0.335 e. The molecule has 0 aliphatic carbocycles. The van der Waals surface area contributed by atoms with Gasteiger partial charge in [0.1, 0.15) is 5.70 Å². The first-order chi connectivity index (χ1) is 16.3. The monoisotopic (exact) mass is 456 g/mol. The minimum atomic E-state index is -1.03. The average Bonchev–Trinajstić information content (AvgIpc) is 2.84. The van der Waals surface area contributed by atoms with Crippen LogP contribution in [0.25, 0.3) is 6.08 Å². The summed E-state index contributed by atoms with van der Waals surface area (Å²) in [5, 5.41) is 15.5. The zero-order valence-electron chi connectivity index (χ0n) is 18.7. The van der Waals surface area contributed by atoms with Crippen LogP contribution < -0.4 is 15.6 Å². The van der Waals surface area contributed by atoms with Crippen LogP contribution in [0.2, 0.25) is 0 Å². The first kappa shape index (κ1) is 23.9. The highest BCUT2D eigenvalue weighted by atomic mass is 16.4. The zero-order chi connectivity index (χ0) is 24.5. The van der Waals surface area contributed by atoms with E-state index in [2.05, 4.69) is 15.8 Å². The van der Waals surface area contributed by atoms with Crippen LogP contribution in [0.15, 0.2) is 89.7 Å². The molecule has 0 aliphatic heterocycles. The van der Waals surface area contributed by atoms with E-state index in [-0.39, 0.29) is 11.3 Å². The Morgan fingerprint density at radius 1 is 0.824 bits per heavy atom. The van der Waals surface area contributed by atoms with Gasteiger partial charge in [-0.2, -0.15) is 5.10 Å². The molecule has 3 aromatic rings. The lowest BCUT2D eigenvalue weighted by molar-refractivity contribution is -0.117. The Hall–Kier alpha value is -4.72. The number of aromatic carboxylic acids is 1. The van der Waals surface area contributed by atoms with E-state index in [0.717, 1.165) is 11.3 Å². The topological polar surface area (TPSA) is 111 Å². The number of benzene rings is 3. The van der Waals surface area contributed by atoms with Crippen LogP contribution in [0.3, 0.4) is 0 Å². The molecule has 0 fully saturated rings. The minimum absolute atomic E-state index is 0.0184. The van der Waals surface area contributed by atoms with Crippen molar-refractivity contribution in [2.45, 2.75) is 0 Å². The van der Waals surface area contributed by atoms with Crippen LogP contribution >= 0.6 is 0 Å². The Kier molecular flexibility index (Phi) is 7.91. The van der Waals surface area contributed by atoms with Gasteiger partial charge in [0.25, 0.3) is 11.8 Å². The van der Waals surface area contributed by atoms with Gasteiger partial charge in [0, 0.05) is 25.3 Å². The third kappa shape index (κ3) is 6.64. The third-order valence-electron chi connectivity index (χ3n) is 4.79. The number of carboxylic acid groups (broad SMARTS) is 1. The Labute approximate surface area is 197 Å². The summed E-state index contributed by atoms with van der Waals surface area (Å²) < 4.78 is 0. The lowest BCUT2D eigenvalue weighted by atomic mass is 10.1. The normalized spacial score (nSPS) is 11.2. The van der Waals surface area contributed by atoms with Gasteiger partial charge >= 0.3 is 5.97 Å². The highest BCUT2D eigenvalue weighted by Gasteiger charge is 2.14. The van der Waals surface area contributed by atoms with Gasteiger partial charge < -0.3 is 15.3 Å². The molecule has 0 aromatic heterocycles. The number of nitrogens with zero attached hydrogens (tertiary/aromatic N) is 2. The van der Waals surface area contributed by atoms with Crippen LogP contribution in [0, 0.1) is 0 Å². The van der Waals surface area contributed by atoms with E-state index < -0.39 is 17.8 Å². The predicted octanol–water partition coefficient (Wildman–Crippen LogP) is 3.37. The molecule has 0 heterocycles. The minimum Gasteiger partial charge on any atom is -0.478 e. The van der Waals surface area contributed by atoms with Crippen molar-refractivity contribution in [2.75, 3.05) is 19.0 Å². The molecule has 3 N–H and O–H groups in total. The van der Waals surface area contributed by atoms with Crippen LogP contribution in [-0.2, 0) is 4.79 Å². The van der Waals surface area contributed by atoms with E-state index in [4.69, 9.17) is 5.11 Å². The summed E-state index contributed by atoms with van der Waals surface area (Å²) in [6.45, 7) is 0. The summed E-state index contributed by atoms with van der Waals surface area (Å²) in [5.41, 5.74) is 5.29. The first-order valence-electron chi connectivity index (χ1n) is 10.4. The number of amides is 2. The van der Waals surface area contributed by atoms with Crippen molar-refractivity contribution < 1.29 is 19.5 Å². The van der Waals surface area contributed by atoms with E-state index in [0.29, 0.717) is 11.1 Å². The molecule has 2 amide bonds. The largest absolute Gasteiger partial charge is 0.478 e. The van der Waals surface area contributed by atoms with Crippen molar-refractivity contribution >= 4 is 35.8 Å². The number of nitrogens with one attached hydrogen (secondary N) is 2. The molecule has 8 nitrogen and oxygen atoms in total. The number of hydrogen-bond acceptors (Lipinski definition) is 5. The molecule has 0 saturated heterocycles. The number of hydrogen-bond donors (Lipinski definition) is 3. The van der Waals surface area contributed by atoms with Gasteiger partial charge in [0.05, 0.1) is 11.8 Å². The summed E-state index contributed by atoms with van der Waals surface area (Å²) in [5.74, 6) is -2.07. The molecule has 8 heteroatoms. The van der Waals surface area contributed by atoms with Gasteiger partial charge in [-0.15, -0.1) is 0 Å². The fourth-order valence-corrected chi connectivity index (χ4v) is 2.92. The summed E-state index contributed by atoms with van der Waals surface area (Å²) >= 11 is 0. The lowest BCUT2D eigenvalue weighted by Crippen LogP contribution is -2.32. The van der Waals surface area contributed by atoms with Crippen molar-refractivity contribution in [1.29, 1.82) is 0 Å². The number of carbonyl (C=O) groups is 3. The molecule has 3 rings (SSSR count). The van der Waals surface area contributed by atoms with E-state index in [1.165, 1.54) is 18.3 Å². The quantitative estimate of drug-likeness (QED) is 0.273. The molecule has 0 spiro atoms. The first-order valence-corrected chi connectivity index (χ1v) is 10.4. The smallest absolute Gasteiger partial charge is 0.335 e. The summed E-state index contributed by atoms with van der Waals surface area (Å²) in [6, 6.07) is 22.1. The van der Waals surface area contributed by atoms with Gasteiger partial charge in [-0.25, -0.2) is 10.2 Å². The predicted molar refractivity (Wildman–Crippen MR) is 132 cm³/mol. The molecule has 0 bridgehead atoms. The molecule has 3 aromatic carbocycles. The van der Waals surface area contributed by atoms with Crippen LogP contribution in [0.4, 0.5) is 5.69 Å². The number of rotatable bonds is 8. The maximum absolute atomic E-state index is 12.8. The summed E-state index contributed by atoms with van der Waals surface area (Å²) in [7, 11) is 3.86. The molecule has 0 aliphatic rings. The van der Waals surface area contributed by atoms with Crippen molar-refractivity contribution in [3.8, 4) is 0 Å². The second-order valence-electron chi connectivity index (χ2n) is 7.49. The van der Waals surface area contributed by atoms with Crippen LogP contribution in [0.1, 0.15) is 31.8 Å². The van der Waals surface area contributed by atoms with Crippen molar-refractivity contribution in [2.24, 2.45) is 5.10 Å². The maximum atomic E-state index is 12.8. The Balaban J connectivity index is 1.79. The number of hydrazone groups is 1. The Bertz CT molecular complexity index is 1220. The molecule has 172 valence electrons. The molecule has 0 radical (unpaired) electrons. The van der Waals surface area contributed by atoms with Gasteiger partial charge in [0.15, 0.2) is 0 Å². The van der Waals surface area contributed by atoms with Crippen molar-refractivity contribution in [3.63, 3.8) is 0 Å². The van der Waals surface area contributed by atoms with Crippen LogP contribution in [-0.4, -0.2) is 43.2 Å². The SMILES string of the molecule is CN(C)c1ccc(/C=C(/NC(=O)c2ccccc2)C(=O)N/N=C/c2ccc(C(=O)O)cc2)cc1. The second-order valence-corrected chi connectivity index (χ2v) is 7.49. The number of anilines is 1. The van der Waals surface area contributed by atoms with Crippen molar-refractivity contribution in [3.05, 3.63) is 107 Å². The molecule has 34 heavy (non-hydrogen) atoms. The number of carbonyl (C=O) groups excluding carboxylic acids is 2. The van der Waals surface area contributed by atoms with Gasteiger partial charge in [-0.05, 0) is 53.6 Å². The molecule has 0 atom stereocenters. The molecule has 0 saturated carbocycles. The Morgan fingerprint density at radius 3 is 2.03 bits per heavy atom. The standard InChI is InChI=1S/C26H24N4O4/c1-30(2)22-14-10-18(11-15-22)16-23(28-24(31)20-6-4-3-5-7-20)25(32)29-27-17-19-8-12-21(13-9-19)26(33)34/h3-17H,1-2H3,(H,28,31)(H,29,32)(H,33,34)/b23-16+,27-17+. The van der Waals surface area contributed by atoms with Crippen molar-refractivity contribution in [1.82, 2.24) is 10.7 Å². The zero-order valence-corrected chi connectivity index (χ0v) is 18.7. The van der Waals surface area contributed by atoms with E-state index in [1.807, 2.05) is 43.3 Å². The van der Waals surface area contributed by atoms with Gasteiger partial charge in [0.2, 0.25) is 0 Å². The third-order valence-corrected chi connectivity index (χ3v) is 4.79. The van der Waals surface area contributed by atoms with E-state index in [1.54, 1.807) is 48.5 Å². The lowest BCUT2D eigenvalue weighted by Gasteiger charge is -2.12. The fourth-order valence-electron chi connectivity index (χ4n) is 2.92. The average molecular weight is 457 g/mol. The molecular weight excluding hydrogens is 432 g/mol. The number of carboxylic acids is 1. The highest BCUT2D eigenvalue weighted by Crippen LogP contribution is 2.14. The molecular formula is C26H24N4O4. The summed E-state index contributed by atoms with van der Waals surface area (Å²) in [4.78, 5) is 38.4. The van der Waals surface area contributed by atoms with E-state index in [9.17, 15) is 14.4 Å². The van der Waals surface area contributed by atoms with Gasteiger partial charge in [-0.3, -0.25) is 9.59 Å². The van der Waals surface area contributed by atoms with Crippen LogP contribution in [0.5, 0.6) is 0 Å². The van der Waals surface area contributed by atoms with E-state index >= 15 is 0 Å². The Morgan fingerprint density at radius 2 is 1.44 bits per heavy atom. The fraction of sp³-hybridized carbons (Fsp3) is 0.0769.